The molecule has 1 rings (SSSR count). The lowest BCUT2D eigenvalue weighted by Gasteiger charge is -2.09. The molecule has 0 spiro atoms. The van der Waals surface area contributed by atoms with Crippen LogP contribution in [0.2, 0.25) is 0 Å². The third-order valence-corrected chi connectivity index (χ3v) is 2.90. The van der Waals surface area contributed by atoms with E-state index in [9.17, 15) is 4.79 Å². The third kappa shape index (κ3) is 5.10. The van der Waals surface area contributed by atoms with E-state index in [1.807, 2.05) is 37.4 Å². The number of nitrogens with two attached hydrogens (primary N) is 1. The molecule has 0 aliphatic heterocycles. The fourth-order valence-corrected chi connectivity index (χ4v) is 1.62. The number of anilines is 1. The summed E-state index contributed by atoms with van der Waals surface area (Å²) in [6.45, 7) is 2.60. The fourth-order valence-electron chi connectivity index (χ4n) is 1.31. The Balaban J connectivity index is 2.43. The van der Waals surface area contributed by atoms with Gasteiger partial charge in [0.25, 0.3) is 0 Å². The van der Waals surface area contributed by atoms with Gasteiger partial charge < -0.3 is 16.4 Å². The molecule has 17 heavy (non-hydrogen) atoms. The Kier molecular flexibility index (Phi) is 5.86. The monoisotopic (exact) mass is 253 g/mol. The topological polar surface area (TPSA) is 67.2 Å². The lowest BCUT2D eigenvalue weighted by molar-refractivity contribution is 0.252. The molecule has 0 bridgehead atoms. The molecule has 0 radical (unpaired) electrons. The zero-order chi connectivity index (χ0) is 12.7. The van der Waals surface area contributed by atoms with Gasteiger partial charge in [-0.15, -0.1) is 0 Å². The summed E-state index contributed by atoms with van der Waals surface area (Å²) >= 11 is 1.70. The van der Waals surface area contributed by atoms with Crippen molar-refractivity contribution >= 4 is 23.5 Å². The smallest absolute Gasteiger partial charge is 0.319 e. The van der Waals surface area contributed by atoms with Crippen LogP contribution in [0.5, 0.6) is 0 Å². The third-order valence-electron chi connectivity index (χ3n) is 2.29. The Bertz CT molecular complexity index is 351. The van der Waals surface area contributed by atoms with Crippen LogP contribution in [-0.2, 0) is 0 Å². The van der Waals surface area contributed by atoms with Crippen molar-refractivity contribution < 1.29 is 4.79 Å². The van der Waals surface area contributed by atoms with Gasteiger partial charge in [-0.3, -0.25) is 0 Å². The van der Waals surface area contributed by atoms with Crippen molar-refractivity contribution in [2.45, 2.75) is 13.0 Å². The van der Waals surface area contributed by atoms with Gasteiger partial charge in [0.2, 0.25) is 0 Å². The predicted molar refractivity (Wildman–Crippen MR) is 74.4 cm³/mol. The molecule has 1 atom stereocenters. The van der Waals surface area contributed by atoms with E-state index in [0.717, 1.165) is 17.0 Å². The van der Waals surface area contributed by atoms with E-state index in [-0.39, 0.29) is 12.1 Å². The first-order valence-corrected chi connectivity index (χ1v) is 6.92. The SMILES string of the molecule is CSCCNC(=O)Nc1ccc(C(C)N)cc1. The summed E-state index contributed by atoms with van der Waals surface area (Å²) in [7, 11) is 0. The molecule has 0 aliphatic carbocycles. The molecular weight excluding hydrogens is 234 g/mol. The highest BCUT2D eigenvalue weighted by molar-refractivity contribution is 7.98. The zero-order valence-electron chi connectivity index (χ0n) is 10.2. The summed E-state index contributed by atoms with van der Waals surface area (Å²) in [5.41, 5.74) is 7.57. The van der Waals surface area contributed by atoms with Crippen molar-refractivity contribution in [3.63, 3.8) is 0 Å². The highest BCUT2D eigenvalue weighted by Gasteiger charge is 2.02. The largest absolute Gasteiger partial charge is 0.337 e. The van der Waals surface area contributed by atoms with Crippen molar-refractivity contribution in [2.75, 3.05) is 23.9 Å². The Morgan fingerprint density at radius 3 is 2.59 bits per heavy atom. The first-order valence-electron chi connectivity index (χ1n) is 5.53. The second-order valence-electron chi connectivity index (χ2n) is 3.78. The van der Waals surface area contributed by atoms with E-state index in [1.54, 1.807) is 11.8 Å². The number of hydrogen-bond acceptors (Lipinski definition) is 3. The standard InChI is InChI=1S/C12H19N3OS/c1-9(13)10-3-5-11(6-4-10)15-12(16)14-7-8-17-2/h3-6,9H,7-8,13H2,1-2H3,(H2,14,15,16). The highest BCUT2D eigenvalue weighted by Crippen LogP contribution is 2.13. The van der Waals surface area contributed by atoms with Crippen LogP contribution >= 0.6 is 11.8 Å². The maximum atomic E-state index is 11.4. The van der Waals surface area contributed by atoms with Gasteiger partial charge in [-0.1, -0.05) is 12.1 Å². The Morgan fingerprint density at radius 1 is 1.41 bits per heavy atom. The molecule has 4 nitrogen and oxygen atoms in total. The number of thioether (sulfide) groups is 1. The normalized spacial score (nSPS) is 11.9. The minimum absolute atomic E-state index is 0.0134. The van der Waals surface area contributed by atoms with Crippen LogP contribution in [0.15, 0.2) is 24.3 Å². The molecule has 0 saturated carbocycles. The summed E-state index contributed by atoms with van der Waals surface area (Å²) in [6.07, 6.45) is 2.01. The van der Waals surface area contributed by atoms with Crippen LogP contribution in [0.25, 0.3) is 0 Å². The molecule has 0 aliphatic rings. The summed E-state index contributed by atoms with van der Waals surface area (Å²) in [4.78, 5) is 11.4. The predicted octanol–water partition coefficient (Wildman–Crippen LogP) is 2.19. The average Bonchev–Trinajstić information content (AvgIpc) is 2.30. The number of urea groups is 1. The van der Waals surface area contributed by atoms with Crippen molar-refractivity contribution in [1.82, 2.24) is 5.32 Å². The first-order chi connectivity index (χ1) is 8.13. The van der Waals surface area contributed by atoms with Crippen LogP contribution in [0.4, 0.5) is 10.5 Å². The molecule has 1 unspecified atom stereocenters. The van der Waals surface area contributed by atoms with E-state index in [4.69, 9.17) is 5.73 Å². The van der Waals surface area contributed by atoms with Crippen LogP contribution in [0.3, 0.4) is 0 Å². The highest BCUT2D eigenvalue weighted by atomic mass is 32.2. The number of benzene rings is 1. The van der Waals surface area contributed by atoms with Crippen LogP contribution in [-0.4, -0.2) is 24.6 Å². The molecule has 0 fully saturated rings. The molecule has 5 heteroatoms. The number of amides is 2. The van der Waals surface area contributed by atoms with Crippen LogP contribution in [0.1, 0.15) is 18.5 Å². The second kappa shape index (κ2) is 7.19. The number of carbonyl (C=O) groups is 1. The lowest BCUT2D eigenvalue weighted by Crippen LogP contribution is -2.30. The molecule has 94 valence electrons. The van der Waals surface area contributed by atoms with Crippen LogP contribution < -0.4 is 16.4 Å². The van der Waals surface area contributed by atoms with Gasteiger partial charge in [0, 0.05) is 24.0 Å². The van der Waals surface area contributed by atoms with Crippen molar-refractivity contribution in [1.29, 1.82) is 0 Å². The van der Waals surface area contributed by atoms with Crippen molar-refractivity contribution in [3.8, 4) is 0 Å². The summed E-state index contributed by atoms with van der Waals surface area (Å²) in [5.74, 6) is 0.914. The zero-order valence-corrected chi connectivity index (χ0v) is 11.0. The minimum atomic E-state index is -0.174. The summed E-state index contributed by atoms with van der Waals surface area (Å²) in [6, 6.07) is 7.39. The molecule has 0 saturated heterocycles. The number of carbonyl (C=O) groups excluding carboxylic acids is 1. The maximum absolute atomic E-state index is 11.4. The van der Waals surface area contributed by atoms with Gasteiger partial charge in [0.1, 0.15) is 0 Å². The number of rotatable bonds is 5. The molecule has 0 heterocycles. The minimum Gasteiger partial charge on any atom is -0.337 e. The van der Waals surface area contributed by atoms with E-state index < -0.39 is 0 Å². The lowest BCUT2D eigenvalue weighted by atomic mass is 10.1. The summed E-state index contributed by atoms with van der Waals surface area (Å²) in [5, 5.41) is 5.54. The van der Waals surface area contributed by atoms with Crippen molar-refractivity contribution in [2.24, 2.45) is 5.73 Å². The van der Waals surface area contributed by atoms with Gasteiger partial charge in [-0.2, -0.15) is 11.8 Å². The van der Waals surface area contributed by atoms with E-state index in [0.29, 0.717) is 6.54 Å². The van der Waals surface area contributed by atoms with Gasteiger partial charge in [-0.05, 0) is 30.9 Å². The second-order valence-corrected chi connectivity index (χ2v) is 4.77. The van der Waals surface area contributed by atoms with Gasteiger partial charge in [-0.25, -0.2) is 4.79 Å². The molecule has 1 aromatic carbocycles. The maximum Gasteiger partial charge on any atom is 0.319 e. The van der Waals surface area contributed by atoms with Gasteiger partial charge >= 0.3 is 6.03 Å². The Hall–Kier alpha value is -1.20. The molecule has 0 aromatic heterocycles. The quantitative estimate of drug-likeness (QED) is 0.705. The summed E-state index contributed by atoms with van der Waals surface area (Å²) < 4.78 is 0. The molecule has 2 amide bonds. The van der Waals surface area contributed by atoms with E-state index in [1.165, 1.54) is 0 Å². The molecule has 4 N–H and O–H groups in total. The first kappa shape index (κ1) is 13.9. The number of nitrogens with one attached hydrogen (secondary N) is 2. The molecular formula is C12H19N3OS. The fraction of sp³-hybridized carbons (Fsp3) is 0.417. The Labute approximate surface area is 106 Å². The van der Waals surface area contributed by atoms with Crippen molar-refractivity contribution in [3.05, 3.63) is 29.8 Å². The average molecular weight is 253 g/mol. The number of hydrogen-bond donors (Lipinski definition) is 3. The van der Waals surface area contributed by atoms with Crippen LogP contribution in [0, 0.1) is 0 Å². The molecule has 1 aromatic rings. The van der Waals surface area contributed by atoms with E-state index >= 15 is 0 Å². The van der Waals surface area contributed by atoms with Gasteiger partial charge in [0.15, 0.2) is 0 Å². The van der Waals surface area contributed by atoms with Gasteiger partial charge in [0.05, 0.1) is 0 Å². The Morgan fingerprint density at radius 2 is 2.06 bits per heavy atom. The van der Waals surface area contributed by atoms with E-state index in [2.05, 4.69) is 10.6 Å².